The Kier molecular flexibility index (Phi) is 5.84. The summed E-state index contributed by atoms with van der Waals surface area (Å²) < 4.78 is 0. The first-order valence-corrected chi connectivity index (χ1v) is 7.82. The third-order valence-corrected chi connectivity index (χ3v) is 3.90. The number of halogens is 1. The zero-order chi connectivity index (χ0) is 15.9. The van der Waals surface area contributed by atoms with Crippen LogP contribution >= 0.6 is 11.6 Å². The van der Waals surface area contributed by atoms with Gasteiger partial charge in [0.1, 0.15) is 0 Å². The molecule has 0 fully saturated rings. The molecular weight excluding hydrogens is 296 g/mol. The van der Waals surface area contributed by atoms with Gasteiger partial charge in [-0.15, -0.1) is 0 Å². The van der Waals surface area contributed by atoms with E-state index in [1.54, 1.807) is 0 Å². The largest absolute Gasteiger partial charge is 0.334 e. The number of amides is 2. The molecule has 0 saturated carbocycles. The van der Waals surface area contributed by atoms with Crippen LogP contribution in [0.1, 0.15) is 36.1 Å². The van der Waals surface area contributed by atoms with E-state index < -0.39 is 0 Å². The van der Waals surface area contributed by atoms with Gasteiger partial charge in [0.15, 0.2) is 0 Å². The van der Waals surface area contributed by atoms with Gasteiger partial charge >= 0.3 is 6.03 Å². The topological polar surface area (TPSA) is 41.1 Å². The Labute approximate surface area is 136 Å². The lowest BCUT2D eigenvalue weighted by Gasteiger charge is -2.18. The smallest absolute Gasteiger partial charge is 0.315 e. The molecule has 0 radical (unpaired) electrons. The van der Waals surface area contributed by atoms with Crippen LogP contribution in [0.2, 0.25) is 5.02 Å². The highest BCUT2D eigenvalue weighted by molar-refractivity contribution is 6.30. The van der Waals surface area contributed by atoms with Gasteiger partial charge in [-0.3, -0.25) is 0 Å². The molecule has 2 aromatic carbocycles. The molecule has 0 spiro atoms. The average molecular weight is 317 g/mol. The Morgan fingerprint density at radius 3 is 2.64 bits per heavy atom. The van der Waals surface area contributed by atoms with E-state index in [0.717, 1.165) is 17.5 Å². The number of urea groups is 1. The molecule has 0 aromatic heterocycles. The van der Waals surface area contributed by atoms with Crippen molar-refractivity contribution in [2.75, 3.05) is 0 Å². The maximum Gasteiger partial charge on any atom is 0.315 e. The van der Waals surface area contributed by atoms with Crippen molar-refractivity contribution in [1.82, 2.24) is 10.6 Å². The van der Waals surface area contributed by atoms with Crippen LogP contribution in [0, 0.1) is 6.92 Å². The highest BCUT2D eigenvalue weighted by Gasteiger charge is 2.12. The Balaban J connectivity index is 1.94. The van der Waals surface area contributed by atoms with Crippen molar-refractivity contribution in [3.05, 3.63) is 70.2 Å². The molecule has 2 aromatic rings. The standard InChI is InChI=1S/C18H21ClN2O/c1-3-17(14-9-6-10-16(19)11-14)21-18(22)20-12-15-8-5-4-7-13(15)2/h4-11,17H,3,12H2,1-2H3,(H2,20,21,22). The summed E-state index contributed by atoms with van der Waals surface area (Å²) in [5.41, 5.74) is 3.30. The molecule has 0 aliphatic heterocycles. The number of rotatable bonds is 5. The molecule has 0 heterocycles. The fraction of sp³-hybridized carbons (Fsp3) is 0.278. The summed E-state index contributed by atoms with van der Waals surface area (Å²) in [4.78, 5) is 12.1. The average Bonchev–Trinajstić information content (AvgIpc) is 2.52. The quantitative estimate of drug-likeness (QED) is 0.831. The molecular formula is C18H21ClN2O. The number of carbonyl (C=O) groups excluding carboxylic acids is 1. The lowest BCUT2D eigenvalue weighted by molar-refractivity contribution is 0.236. The van der Waals surface area contributed by atoms with E-state index >= 15 is 0 Å². The van der Waals surface area contributed by atoms with Gasteiger partial charge in [-0.05, 0) is 42.2 Å². The zero-order valence-electron chi connectivity index (χ0n) is 12.9. The Hall–Kier alpha value is -2.00. The van der Waals surface area contributed by atoms with E-state index in [1.165, 1.54) is 5.56 Å². The molecule has 1 unspecified atom stereocenters. The van der Waals surface area contributed by atoms with Crippen LogP contribution in [0.4, 0.5) is 4.79 Å². The number of carbonyl (C=O) groups is 1. The summed E-state index contributed by atoms with van der Waals surface area (Å²) in [6, 6.07) is 15.4. The SMILES string of the molecule is CCC(NC(=O)NCc1ccccc1C)c1cccc(Cl)c1. The number of benzene rings is 2. The molecule has 0 saturated heterocycles. The summed E-state index contributed by atoms with van der Waals surface area (Å²) in [6.07, 6.45) is 0.804. The van der Waals surface area contributed by atoms with E-state index in [9.17, 15) is 4.79 Å². The third kappa shape index (κ3) is 4.50. The van der Waals surface area contributed by atoms with E-state index in [4.69, 9.17) is 11.6 Å². The Morgan fingerprint density at radius 1 is 1.18 bits per heavy atom. The second kappa shape index (κ2) is 7.85. The van der Waals surface area contributed by atoms with Gasteiger partial charge in [0.25, 0.3) is 0 Å². The van der Waals surface area contributed by atoms with Crippen molar-refractivity contribution in [2.24, 2.45) is 0 Å². The molecule has 1 atom stereocenters. The lowest BCUT2D eigenvalue weighted by atomic mass is 10.1. The summed E-state index contributed by atoms with van der Waals surface area (Å²) >= 11 is 6.01. The number of nitrogens with one attached hydrogen (secondary N) is 2. The van der Waals surface area contributed by atoms with Gasteiger partial charge < -0.3 is 10.6 Å². The summed E-state index contributed by atoms with van der Waals surface area (Å²) in [5.74, 6) is 0. The molecule has 4 heteroatoms. The van der Waals surface area contributed by atoms with Crippen LogP contribution in [0.25, 0.3) is 0 Å². The number of hydrogen-bond acceptors (Lipinski definition) is 1. The van der Waals surface area contributed by atoms with E-state index in [2.05, 4.69) is 10.6 Å². The fourth-order valence-electron chi connectivity index (χ4n) is 2.34. The molecule has 0 aliphatic rings. The van der Waals surface area contributed by atoms with Crippen LogP contribution in [0.15, 0.2) is 48.5 Å². The van der Waals surface area contributed by atoms with Crippen molar-refractivity contribution in [3.8, 4) is 0 Å². The Morgan fingerprint density at radius 2 is 1.95 bits per heavy atom. The molecule has 2 rings (SSSR count). The highest BCUT2D eigenvalue weighted by atomic mass is 35.5. The molecule has 0 aliphatic carbocycles. The van der Waals surface area contributed by atoms with Gasteiger partial charge in [0, 0.05) is 11.6 Å². The monoisotopic (exact) mass is 316 g/mol. The maximum absolute atomic E-state index is 12.1. The van der Waals surface area contributed by atoms with Crippen LogP contribution in [0.3, 0.4) is 0 Å². The third-order valence-electron chi connectivity index (χ3n) is 3.67. The number of hydrogen-bond donors (Lipinski definition) is 2. The molecule has 22 heavy (non-hydrogen) atoms. The second-order valence-corrected chi connectivity index (χ2v) is 5.71. The van der Waals surface area contributed by atoms with Gasteiger partial charge in [-0.25, -0.2) is 4.79 Å². The fourth-order valence-corrected chi connectivity index (χ4v) is 2.54. The minimum absolute atomic E-state index is 0.0458. The maximum atomic E-state index is 12.1. The minimum Gasteiger partial charge on any atom is -0.334 e. The van der Waals surface area contributed by atoms with Crippen molar-refractivity contribution in [2.45, 2.75) is 32.9 Å². The normalized spacial score (nSPS) is 11.8. The van der Waals surface area contributed by atoms with Gasteiger partial charge in [-0.2, -0.15) is 0 Å². The summed E-state index contributed by atoms with van der Waals surface area (Å²) in [6.45, 7) is 4.59. The zero-order valence-corrected chi connectivity index (χ0v) is 13.7. The van der Waals surface area contributed by atoms with Gasteiger partial charge in [0.05, 0.1) is 6.04 Å². The predicted octanol–water partition coefficient (Wildman–Crippen LogP) is 4.60. The van der Waals surface area contributed by atoms with Crippen molar-refractivity contribution >= 4 is 17.6 Å². The van der Waals surface area contributed by atoms with Crippen LogP contribution in [-0.2, 0) is 6.54 Å². The second-order valence-electron chi connectivity index (χ2n) is 5.27. The van der Waals surface area contributed by atoms with Gasteiger partial charge in [0.2, 0.25) is 0 Å². The summed E-state index contributed by atoms with van der Waals surface area (Å²) in [5, 5.41) is 6.58. The highest BCUT2D eigenvalue weighted by Crippen LogP contribution is 2.20. The first-order valence-electron chi connectivity index (χ1n) is 7.44. The molecule has 3 nitrogen and oxygen atoms in total. The molecule has 0 bridgehead atoms. The first kappa shape index (κ1) is 16.4. The van der Waals surface area contributed by atoms with Crippen molar-refractivity contribution < 1.29 is 4.79 Å². The predicted molar refractivity (Wildman–Crippen MR) is 91.0 cm³/mol. The van der Waals surface area contributed by atoms with Crippen molar-refractivity contribution in [1.29, 1.82) is 0 Å². The van der Waals surface area contributed by atoms with Crippen molar-refractivity contribution in [3.63, 3.8) is 0 Å². The molecule has 116 valence electrons. The van der Waals surface area contributed by atoms with E-state index in [1.807, 2.05) is 62.4 Å². The first-order chi connectivity index (χ1) is 10.6. The van der Waals surface area contributed by atoms with Gasteiger partial charge in [-0.1, -0.05) is 54.9 Å². The van der Waals surface area contributed by atoms with Crippen LogP contribution in [0.5, 0.6) is 0 Å². The molecule has 2 N–H and O–H groups in total. The van der Waals surface area contributed by atoms with E-state index in [-0.39, 0.29) is 12.1 Å². The van der Waals surface area contributed by atoms with E-state index in [0.29, 0.717) is 11.6 Å². The lowest BCUT2D eigenvalue weighted by Crippen LogP contribution is -2.37. The Bertz CT molecular complexity index is 642. The number of aryl methyl sites for hydroxylation is 1. The minimum atomic E-state index is -0.171. The summed E-state index contributed by atoms with van der Waals surface area (Å²) in [7, 11) is 0. The van der Waals surface area contributed by atoms with Crippen LogP contribution < -0.4 is 10.6 Å². The molecule has 2 amide bonds. The van der Waals surface area contributed by atoms with Crippen LogP contribution in [-0.4, -0.2) is 6.03 Å².